The summed E-state index contributed by atoms with van der Waals surface area (Å²) >= 11 is 5.72. The summed E-state index contributed by atoms with van der Waals surface area (Å²) in [6.07, 6.45) is 0. The second-order valence-corrected chi connectivity index (χ2v) is 4.48. The van der Waals surface area contributed by atoms with E-state index >= 15 is 0 Å². The Bertz CT molecular complexity index is 644. The van der Waals surface area contributed by atoms with Gasteiger partial charge in [0, 0.05) is 0 Å². The molecular formula is C13H11ClN2O3. The van der Waals surface area contributed by atoms with E-state index in [1.54, 1.807) is 6.07 Å². The summed E-state index contributed by atoms with van der Waals surface area (Å²) in [7, 11) is 0. The van der Waals surface area contributed by atoms with Crippen LogP contribution in [-0.2, 0) is 0 Å². The summed E-state index contributed by atoms with van der Waals surface area (Å²) in [5.41, 5.74) is 2.05. The number of aromatic nitrogens is 1. The average molecular weight is 279 g/mol. The van der Waals surface area contributed by atoms with Crippen LogP contribution in [0.2, 0.25) is 5.15 Å². The maximum Gasteiger partial charge on any atom is 0.277 e. The molecule has 0 atom stereocenters. The topological polar surface area (TPSA) is 65.3 Å². The Morgan fingerprint density at radius 3 is 2.58 bits per heavy atom. The first kappa shape index (κ1) is 13.3. The van der Waals surface area contributed by atoms with Crippen molar-refractivity contribution in [2.45, 2.75) is 13.8 Å². The van der Waals surface area contributed by atoms with E-state index in [0.29, 0.717) is 5.75 Å². The molecule has 0 radical (unpaired) electrons. The van der Waals surface area contributed by atoms with Crippen LogP contribution < -0.4 is 4.74 Å². The van der Waals surface area contributed by atoms with Crippen LogP contribution in [0, 0.1) is 24.0 Å². The number of rotatable bonds is 3. The van der Waals surface area contributed by atoms with E-state index in [-0.39, 0.29) is 16.7 Å². The Balaban J connectivity index is 2.32. The van der Waals surface area contributed by atoms with Crippen molar-refractivity contribution in [1.29, 1.82) is 0 Å². The molecule has 0 spiro atoms. The highest BCUT2D eigenvalue weighted by Gasteiger charge is 2.11. The first-order valence-electron chi connectivity index (χ1n) is 5.53. The van der Waals surface area contributed by atoms with Crippen LogP contribution >= 0.6 is 11.6 Å². The molecule has 0 amide bonds. The Morgan fingerprint density at radius 2 is 1.95 bits per heavy atom. The van der Waals surface area contributed by atoms with Gasteiger partial charge in [0.25, 0.3) is 5.69 Å². The van der Waals surface area contributed by atoms with Crippen molar-refractivity contribution in [3.8, 4) is 11.6 Å². The number of pyridine rings is 1. The summed E-state index contributed by atoms with van der Waals surface area (Å²) in [6.45, 7) is 3.94. The molecule has 0 unspecified atom stereocenters. The van der Waals surface area contributed by atoms with Gasteiger partial charge in [-0.15, -0.1) is 0 Å². The van der Waals surface area contributed by atoms with Gasteiger partial charge in [-0.2, -0.15) is 0 Å². The molecule has 19 heavy (non-hydrogen) atoms. The van der Waals surface area contributed by atoms with E-state index in [9.17, 15) is 10.1 Å². The minimum Gasteiger partial charge on any atom is -0.439 e. The lowest BCUT2D eigenvalue weighted by atomic mass is 10.1. The third kappa shape index (κ3) is 3.20. The molecule has 0 aliphatic heterocycles. The minimum atomic E-state index is -0.541. The zero-order valence-corrected chi connectivity index (χ0v) is 11.1. The molecule has 0 bridgehead atoms. The Labute approximate surface area is 115 Å². The Hall–Kier alpha value is -2.14. The zero-order chi connectivity index (χ0) is 14.0. The van der Waals surface area contributed by atoms with Crippen LogP contribution in [0.15, 0.2) is 30.3 Å². The second-order valence-electron chi connectivity index (χ2n) is 4.09. The molecule has 6 heteroatoms. The maximum atomic E-state index is 10.7. The number of ether oxygens (including phenoxy) is 1. The second kappa shape index (κ2) is 5.24. The fourth-order valence-electron chi connectivity index (χ4n) is 1.52. The zero-order valence-electron chi connectivity index (χ0n) is 10.4. The number of halogens is 1. The molecule has 1 aromatic carbocycles. The normalized spacial score (nSPS) is 10.3. The molecule has 98 valence electrons. The number of hydrogen-bond donors (Lipinski definition) is 0. The van der Waals surface area contributed by atoms with E-state index < -0.39 is 4.92 Å². The van der Waals surface area contributed by atoms with Gasteiger partial charge < -0.3 is 4.74 Å². The maximum absolute atomic E-state index is 10.7. The third-order valence-electron chi connectivity index (χ3n) is 2.67. The number of nitro groups is 1. The lowest BCUT2D eigenvalue weighted by molar-refractivity contribution is -0.385. The van der Waals surface area contributed by atoms with Crippen molar-refractivity contribution < 1.29 is 9.66 Å². The lowest BCUT2D eigenvalue weighted by Gasteiger charge is -2.07. The number of benzene rings is 1. The highest BCUT2D eigenvalue weighted by molar-refractivity contribution is 6.29. The molecule has 0 aliphatic rings. The van der Waals surface area contributed by atoms with Gasteiger partial charge in [-0.3, -0.25) is 10.1 Å². The molecule has 5 nitrogen and oxygen atoms in total. The predicted molar refractivity (Wildman–Crippen MR) is 71.9 cm³/mol. The fourth-order valence-corrected chi connectivity index (χ4v) is 1.71. The molecule has 0 saturated heterocycles. The van der Waals surface area contributed by atoms with Crippen molar-refractivity contribution in [2.24, 2.45) is 0 Å². The van der Waals surface area contributed by atoms with Crippen molar-refractivity contribution >= 4 is 17.3 Å². The van der Waals surface area contributed by atoms with Gasteiger partial charge in [-0.05, 0) is 37.1 Å². The predicted octanol–water partition coefficient (Wildman–Crippen LogP) is 4.05. The molecule has 0 N–H and O–H groups in total. The van der Waals surface area contributed by atoms with Gasteiger partial charge in [-0.25, -0.2) is 4.98 Å². The summed E-state index contributed by atoms with van der Waals surface area (Å²) in [4.78, 5) is 14.1. The van der Waals surface area contributed by atoms with Crippen LogP contribution in [0.25, 0.3) is 0 Å². The van der Waals surface area contributed by atoms with E-state index in [1.807, 2.05) is 26.0 Å². The highest BCUT2D eigenvalue weighted by Crippen LogP contribution is 2.27. The van der Waals surface area contributed by atoms with Crippen molar-refractivity contribution in [3.05, 3.63) is 56.7 Å². The van der Waals surface area contributed by atoms with Crippen molar-refractivity contribution in [3.63, 3.8) is 0 Å². The van der Waals surface area contributed by atoms with E-state index in [0.717, 1.165) is 11.1 Å². The quantitative estimate of drug-likeness (QED) is 0.482. The van der Waals surface area contributed by atoms with Crippen molar-refractivity contribution in [2.75, 3.05) is 0 Å². The van der Waals surface area contributed by atoms with Gasteiger partial charge in [0.2, 0.25) is 5.88 Å². The van der Waals surface area contributed by atoms with Crippen LogP contribution in [0.3, 0.4) is 0 Å². The SMILES string of the molecule is Cc1ccc(Oc2cc([N+](=O)[O-])cc(Cl)n2)cc1C. The Morgan fingerprint density at radius 1 is 1.21 bits per heavy atom. The van der Waals surface area contributed by atoms with Gasteiger partial charge in [0.05, 0.1) is 17.1 Å². The van der Waals surface area contributed by atoms with Gasteiger partial charge in [0.1, 0.15) is 10.9 Å². The van der Waals surface area contributed by atoms with Crippen LogP contribution in [0.1, 0.15) is 11.1 Å². The molecule has 2 rings (SSSR count). The van der Waals surface area contributed by atoms with Gasteiger partial charge in [0.15, 0.2) is 0 Å². The monoisotopic (exact) mass is 278 g/mol. The number of hydrogen-bond acceptors (Lipinski definition) is 4. The van der Waals surface area contributed by atoms with Crippen LogP contribution in [0.5, 0.6) is 11.6 Å². The average Bonchev–Trinajstić information content (AvgIpc) is 2.33. The smallest absolute Gasteiger partial charge is 0.277 e. The summed E-state index contributed by atoms with van der Waals surface area (Å²) < 4.78 is 5.49. The summed E-state index contributed by atoms with van der Waals surface area (Å²) in [5, 5.41) is 10.7. The first-order chi connectivity index (χ1) is 8.95. The molecule has 1 heterocycles. The first-order valence-corrected chi connectivity index (χ1v) is 5.90. The fraction of sp³-hybridized carbons (Fsp3) is 0.154. The number of aryl methyl sites for hydroxylation is 2. The number of nitrogens with zero attached hydrogens (tertiary/aromatic N) is 2. The molecule has 0 aliphatic carbocycles. The summed E-state index contributed by atoms with van der Waals surface area (Å²) in [6, 6.07) is 7.93. The van der Waals surface area contributed by atoms with Gasteiger partial charge in [-0.1, -0.05) is 17.7 Å². The molecule has 0 saturated carbocycles. The minimum absolute atomic E-state index is 0.0213. The van der Waals surface area contributed by atoms with Crippen molar-refractivity contribution in [1.82, 2.24) is 4.98 Å². The largest absolute Gasteiger partial charge is 0.439 e. The molecular weight excluding hydrogens is 268 g/mol. The summed E-state index contributed by atoms with van der Waals surface area (Å²) in [5.74, 6) is 0.662. The Kier molecular flexibility index (Phi) is 3.66. The van der Waals surface area contributed by atoms with E-state index in [4.69, 9.17) is 16.3 Å². The molecule has 2 aromatic rings. The highest BCUT2D eigenvalue weighted by atomic mass is 35.5. The van der Waals surface area contributed by atoms with Gasteiger partial charge >= 0.3 is 0 Å². The van der Waals surface area contributed by atoms with E-state index in [2.05, 4.69) is 4.98 Å². The lowest BCUT2D eigenvalue weighted by Crippen LogP contribution is -1.93. The van der Waals surface area contributed by atoms with E-state index in [1.165, 1.54) is 12.1 Å². The van der Waals surface area contributed by atoms with Crippen LogP contribution in [0.4, 0.5) is 5.69 Å². The molecule has 0 fully saturated rings. The van der Waals surface area contributed by atoms with Crippen LogP contribution in [-0.4, -0.2) is 9.91 Å². The third-order valence-corrected chi connectivity index (χ3v) is 2.86. The molecule has 1 aromatic heterocycles. The standard InChI is InChI=1S/C13H11ClN2O3/c1-8-3-4-11(5-9(8)2)19-13-7-10(16(17)18)6-12(14)15-13/h3-7H,1-2H3.